The van der Waals surface area contributed by atoms with Gasteiger partial charge in [-0.15, -0.1) is 0 Å². The molecule has 0 saturated heterocycles. The Kier molecular flexibility index (Phi) is 2.53. The Labute approximate surface area is 98.8 Å². The first-order valence-corrected chi connectivity index (χ1v) is 5.21. The van der Waals surface area contributed by atoms with Crippen molar-refractivity contribution in [2.24, 2.45) is 7.05 Å². The van der Waals surface area contributed by atoms with Crippen molar-refractivity contribution in [3.8, 4) is 11.8 Å². The molecule has 0 saturated carbocycles. The first kappa shape index (κ1) is 10.8. The van der Waals surface area contributed by atoms with Crippen molar-refractivity contribution in [1.82, 2.24) is 4.57 Å². The highest BCUT2D eigenvalue weighted by atomic mass is 35.5. The fraction of sp³-hybridized carbons (Fsp3) is 0.250. The van der Waals surface area contributed by atoms with Crippen LogP contribution in [0.3, 0.4) is 0 Å². The van der Waals surface area contributed by atoms with Crippen molar-refractivity contribution >= 4 is 22.5 Å². The number of halogens is 1. The molecule has 0 N–H and O–H groups in total. The quantitative estimate of drug-likeness (QED) is 0.761. The standard InChI is InChI=1S/C12H11ClN2O/c1-7-9(6-14)15(2)12-10(16-3)5-4-8(13)11(7)12/h4-5H,1-3H3. The summed E-state index contributed by atoms with van der Waals surface area (Å²) in [5.41, 5.74) is 2.37. The average molecular weight is 235 g/mol. The number of rotatable bonds is 1. The van der Waals surface area contributed by atoms with Crippen LogP contribution in [0.25, 0.3) is 10.9 Å². The normalized spacial score (nSPS) is 10.4. The van der Waals surface area contributed by atoms with Gasteiger partial charge >= 0.3 is 0 Å². The maximum atomic E-state index is 9.10. The zero-order chi connectivity index (χ0) is 11.9. The van der Waals surface area contributed by atoms with Crippen molar-refractivity contribution in [2.75, 3.05) is 7.11 Å². The van der Waals surface area contributed by atoms with Gasteiger partial charge in [0.05, 0.1) is 17.6 Å². The number of fused-ring (bicyclic) bond motifs is 1. The number of nitriles is 1. The largest absolute Gasteiger partial charge is 0.495 e. The minimum Gasteiger partial charge on any atom is -0.495 e. The fourth-order valence-electron chi connectivity index (χ4n) is 2.04. The minimum absolute atomic E-state index is 0.612. The lowest BCUT2D eigenvalue weighted by atomic mass is 10.1. The fourth-order valence-corrected chi connectivity index (χ4v) is 2.34. The van der Waals surface area contributed by atoms with E-state index in [1.165, 1.54) is 0 Å². The van der Waals surface area contributed by atoms with Crippen LogP contribution in [-0.4, -0.2) is 11.7 Å². The summed E-state index contributed by atoms with van der Waals surface area (Å²) in [7, 11) is 3.45. The Morgan fingerprint density at radius 1 is 1.44 bits per heavy atom. The van der Waals surface area contributed by atoms with Gasteiger partial charge in [0.25, 0.3) is 0 Å². The van der Waals surface area contributed by atoms with Crippen LogP contribution in [-0.2, 0) is 7.05 Å². The maximum Gasteiger partial charge on any atom is 0.143 e. The number of hydrogen-bond donors (Lipinski definition) is 0. The number of ether oxygens (including phenoxy) is 1. The molecule has 2 rings (SSSR count). The molecule has 0 aliphatic carbocycles. The molecule has 0 atom stereocenters. The number of hydrogen-bond acceptors (Lipinski definition) is 2. The van der Waals surface area contributed by atoms with E-state index in [4.69, 9.17) is 21.6 Å². The second-order valence-electron chi connectivity index (χ2n) is 3.62. The van der Waals surface area contributed by atoms with Crippen LogP contribution < -0.4 is 4.74 Å². The first-order chi connectivity index (χ1) is 7.61. The number of nitrogens with zero attached hydrogens (tertiary/aromatic N) is 2. The van der Waals surface area contributed by atoms with E-state index in [0.717, 1.165) is 22.2 Å². The summed E-state index contributed by atoms with van der Waals surface area (Å²) in [5.74, 6) is 0.728. The third kappa shape index (κ3) is 1.27. The van der Waals surface area contributed by atoms with Gasteiger partial charge < -0.3 is 9.30 Å². The van der Waals surface area contributed by atoms with Crippen LogP contribution in [0.15, 0.2) is 12.1 Å². The lowest BCUT2D eigenvalue weighted by molar-refractivity contribution is 0.418. The summed E-state index contributed by atoms with van der Waals surface area (Å²) in [5, 5.41) is 10.6. The summed E-state index contributed by atoms with van der Waals surface area (Å²) in [6, 6.07) is 5.78. The summed E-state index contributed by atoms with van der Waals surface area (Å²) in [4.78, 5) is 0. The van der Waals surface area contributed by atoms with Crippen molar-refractivity contribution < 1.29 is 4.74 Å². The van der Waals surface area contributed by atoms with Gasteiger partial charge in [0.2, 0.25) is 0 Å². The van der Waals surface area contributed by atoms with E-state index >= 15 is 0 Å². The molecule has 16 heavy (non-hydrogen) atoms. The SMILES string of the molecule is COc1ccc(Cl)c2c(C)c(C#N)n(C)c12. The lowest BCUT2D eigenvalue weighted by Crippen LogP contribution is -1.94. The number of aromatic nitrogens is 1. The molecule has 0 unspecified atom stereocenters. The second-order valence-corrected chi connectivity index (χ2v) is 4.02. The molecule has 0 radical (unpaired) electrons. The predicted molar refractivity (Wildman–Crippen MR) is 63.9 cm³/mol. The third-order valence-corrected chi connectivity index (χ3v) is 3.13. The van der Waals surface area contributed by atoms with E-state index in [-0.39, 0.29) is 0 Å². The summed E-state index contributed by atoms with van der Waals surface area (Å²) in [6.07, 6.45) is 0. The van der Waals surface area contributed by atoms with Crippen LogP contribution in [0.2, 0.25) is 5.02 Å². The monoisotopic (exact) mass is 234 g/mol. The topological polar surface area (TPSA) is 37.9 Å². The molecule has 0 aliphatic rings. The van der Waals surface area contributed by atoms with E-state index in [1.54, 1.807) is 13.2 Å². The Balaban J connectivity index is 3.03. The smallest absolute Gasteiger partial charge is 0.143 e. The van der Waals surface area contributed by atoms with Crippen molar-refractivity contribution in [3.05, 3.63) is 28.4 Å². The van der Waals surface area contributed by atoms with E-state index < -0.39 is 0 Å². The molecule has 2 aromatic rings. The average Bonchev–Trinajstić information content (AvgIpc) is 2.53. The minimum atomic E-state index is 0.612. The third-order valence-electron chi connectivity index (χ3n) is 2.82. The molecular weight excluding hydrogens is 224 g/mol. The number of benzene rings is 1. The van der Waals surface area contributed by atoms with Gasteiger partial charge in [-0.1, -0.05) is 11.6 Å². The first-order valence-electron chi connectivity index (χ1n) is 4.83. The highest BCUT2D eigenvalue weighted by Crippen LogP contribution is 2.36. The number of aryl methyl sites for hydroxylation is 2. The van der Waals surface area contributed by atoms with Gasteiger partial charge in [-0.25, -0.2) is 0 Å². The Morgan fingerprint density at radius 3 is 2.69 bits per heavy atom. The van der Waals surface area contributed by atoms with Crippen LogP contribution in [0.1, 0.15) is 11.3 Å². The van der Waals surface area contributed by atoms with E-state index in [1.807, 2.05) is 24.6 Å². The zero-order valence-electron chi connectivity index (χ0n) is 9.34. The van der Waals surface area contributed by atoms with Crippen molar-refractivity contribution in [2.45, 2.75) is 6.92 Å². The Hall–Kier alpha value is -1.66. The molecule has 82 valence electrons. The van der Waals surface area contributed by atoms with Crippen molar-refractivity contribution in [1.29, 1.82) is 5.26 Å². The zero-order valence-corrected chi connectivity index (χ0v) is 10.1. The van der Waals surface area contributed by atoms with E-state index in [0.29, 0.717) is 10.7 Å². The van der Waals surface area contributed by atoms with Gasteiger partial charge in [-0.2, -0.15) is 5.26 Å². The van der Waals surface area contributed by atoms with Crippen molar-refractivity contribution in [3.63, 3.8) is 0 Å². The van der Waals surface area contributed by atoms with Crippen LogP contribution in [0, 0.1) is 18.3 Å². The molecule has 3 nitrogen and oxygen atoms in total. The second kappa shape index (κ2) is 3.73. The highest BCUT2D eigenvalue weighted by molar-refractivity contribution is 6.36. The summed E-state index contributed by atoms with van der Waals surface area (Å²) < 4.78 is 7.10. The van der Waals surface area contributed by atoms with Gasteiger partial charge in [0.15, 0.2) is 0 Å². The molecular formula is C12H11ClN2O. The maximum absolute atomic E-state index is 9.10. The molecule has 0 bridgehead atoms. The van der Waals surface area contributed by atoms with Gasteiger partial charge in [-0.05, 0) is 24.6 Å². The highest BCUT2D eigenvalue weighted by Gasteiger charge is 2.17. The Bertz CT molecular complexity index is 608. The molecule has 0 amide bonds. The molecule has 1 aromatic heterocycles. The van der Waals surface area contributed by atoms with E-state index in [9.17, 15) is 0 Å². The predicted octanol–water partition coefficient (Wildman–Crippen LogP) is 3.02. The van der Waals surface area contributed by atoms with Crippen LogP contribution in [0.5, 0.6) is 5.75 Å². The molecule has 1 heterocycles. The number of methoxy groups -OCH3 is 1. The van der Waals surface area contributed by atoms with Crippen LogP contribution in [0.4, 0.5) is 0 Å². The van der Waals surface area contributed by atoms with E-state index in [2.05, 4.69) is 6.07 Å². The van der Waals surface area contributed by atoms with Gasteiger partial charge in [-0.3, -0.25) is 0 Å². The molecule has 1 aromatic carbocycles. The summed E-state index contributed by atoms with van der Waals surface area (Å²) in [6.45, 7) is 1.90. The summed E-state index contributed by atoms with van der Waals surface area (Å²) >= 11 is 6.16. The lowest BCUT2D eigenvalue weighted by Gasteiger charge is -2.05. The molecule has 0 aliphatic heterocycles. The molecule has 4 heteroatoms. The van der Waals surface area contributed by atoms with Crippen LogP contribution >= 0.6 is 11.6 Å². The molecule has 0 fully saturated rings. The Morgan fingerprint density at radius 2 is 2.12 bits per heavy atom. The molecule has 0 spiro atoms. The van der Waals surface area contributed by atoms with Gasteiger partial charge in [0, 0.05) is 12.4 Å². The van der Waals surface area contributed by atoms with Gasteiger partial charge in [0.1, 0.15) is 17.5 Å².